The second-order valence-corrected chi connectivity index (χ2v) is 6.28. The van der Waals surface area contributed by atoms with Gasteiger partial charge in [-0.2, -0.15) is 0 Å². The van der Waals surface area contributed by atoms with Crippen LogP contribution in [0.1, 0.15) is 38.2 Å². The Kier molecular flexibility index (Phi) is 4.88. The van der Waals surface area contributed by atoms with Gasteiger partial charge < -0.3 is 10.4 Å². The van der Waals surface area contributed by atoms with Crippen molar-refractivity contribution in [1.29, 1.82) is 0 Å². The van der Waals surface area contributed by atoms with Crippen molar-refractivity contribution in [3.8, 4) is 0 Å². The number of rotatable bonds is 4. The van der Waals surface area contributed by atoms with Crippen LogP contribution in [0.4, 0.5) is 0 Å². The van der Waals surface area contributed by atoms with Gasteiger partial charge in [0.25, 0.3) is 0 Å². The Morgan fingerprint density at radius 1 is 1.38 bits per heavy atom. The van der Waals surface area contributed by atoms with E-state index in [2.05, 4.69) is 5.32 Å². The molecule has 4 nitrogen and oxygen atoms in total. The van der Waals surface area contributed by atoms with Crippen LogP contribution in [0.3, 0.4) is 0 Å². The molecular weight excluding hydrogens is 290 g/mol. The van der Waals surface area contributed by atoms with Crippen molar-refractivity contribution in [2.45, 2.75) is 44.6 Å². The number of halogens is 1. The zero-order chi connectivity index (χ0) is 15.5. The van der Waals surface area contributed by atoms with Crippen molar-refractivity contribution in [2.75, 3.05) is 0 Å². The van der Waals surface area contributed by atoms with Crippen molar-refractivity contribution in [3.63, 3.8) is 0 Å². The minimum Gasteiger partial charge on any atom is -0.481 e. The predicted molar refractivity (Wildman–Crippen MR) is 81.3 cm³/mol. The number of carboxylic acids is 1. The van der Waals surface area contributed by atoms with Gasteiger partial charge in [0.15, 0.2) is 0 Å². The first-order valence-electron chi connectivity index (χ1n) is 7.19. The number of aliphatic carboxylic acids is 1. The van der Waals surface area contributed by atoms with E-state index >= 15 is 0 Å². The van der Waals surface area contributed by atoms with Crippen LogP contribution in [0.2, 0.25) is 5.02 Å². The van der Waals surface area contributed by atoms with Gasteiger partial charge in [0.1, 0.15) is 0 Å². The first kappa shape index (κ1) is 15.8. The number of carboxylic acid groups (broad SMARTS) is 1. The molecule has 1 aliphatic rings. The Bertz CT molecular complexity index is 546. The van der Waals surface area contributed by atoms with E-state index in [9.17, 15) is 14.7 Å². The second-order valence-electron chi connectivity index (χ2n) is 5.87. The smallest absolute Gasteiger partial charge is 0.308 e. The van der Waals surface area contributed by atoms with Gasteiger partial charge in [0.05, 0.1) is 17.9 Å². The summed E-state index contributed by atoms with van der Waals surface area (Å²) in [6.45, 7) is 1.83. The fraction of sp³-hybridized carbons (Fsp3) is 0.500. The molecule has 114 valence electrons. The highest BCUT2D eigenvalue weighted by atomic mass is 35.5. The zero-order valence-corrected chi connectivity index (χ0v) is 12.8. The van der Waals surface area contributed by atoms with E-state index in [-0.39, 0.29) is 12.3 Å². The Balaban J connectivity index is 2.07. The van der Waals surface area contributed by atoms with E-state index < -0.39 is 17.4 Å². The number of benzene rings is 1. The van der Waals surface area contributed by atoms with Crippen LogP contribution in [-0.4, -0.2) is 22.5 Å². The third-order valence-electron chi connectivity index (χ3n) is 4.24. The van der Waals surface area contributed by atoms with Crippen molar-refractivity contribution in [1.82, 2.24) is 5.32 Å². The minimum absolute atomic E-state index is 0.168. The van der Waals surface area contributed by atoms with E-state index in [4.69, 9.17) is 11.6 Å². The number of hydrogen-bond acceptors (Lipinski definition) is 2. The summed E-state index contributed by atoms with van der Waals surface area (Å²) in [5.74, 6) is -1.55. The minimum atomic E-state index is -0.838. The Morgan fingerprint density at radius 3 is 2.76 bits per heavy atom. The molecular formula is C16H20ClNO3. The summed E-state index contributed by atoms with van der Waals surface area (Å²) in [5.41, 5.74) is 0.0746. The van der Waals surface area contributed by atoms with Crippen LogP contribution in [0, 0.1) is 5.92 Å². The topological polar surface area (TPSA) is 66.4 Å². The number of carbonyl (C=O) groups is 2. The maximum absolute atomic E-state index is 12.2. The van der Waals surface area contributed by atoms with Crippen LogP contribution >= 0.6 is 11.6 Å². The highest BCUT2D eigenvalue weighted by Crippen LogP contribution is 2.34. The molecule has 1 fully saturated rings. The van der Waals surface area contributed by atoms with Crippen LogP contribution in [0.5, 0.6) is 0 Å². The average molecular weight is 310 g/mol. The molecule has 0 heterocycles. The molecule has 1 aromatic carbocycles. The fourth-order valence-electron chi connectivity index (χ4n) is 3.06. The van der Waals surface area contributed by atoms with Crippen molar-refractivity contribution in [2.24, 2.45) is 5.92 Å². The van der Waals surface area contributed by atoms with Crippen molar-refractivity contribution >= 4 is 23.5 Å². The third kappa shape index (κ3) is 3.76. The molecule has 1 aliphatic carbocycles. The Labute approximate surface area is 129 Å². The van der Waals surface area contributed by atoms with Gasteiger partial charge in [-0.25, -0.2) is 0 Å². The SMILES string of the molecule is CC1(NC(=O)Cc2ccccc2Cl)CCCCC1C(=O)O. The van der Waals surface area contributed by atoms with Crippen LogP contribution < -0.4 is 5.32 Å². The molecule has 5 heteroatoms. The third-order valence-corrected chi connectivity index (χ3v) is 4.61. The van der Waals surface area contributed by atoms with Crippen LogP contribution in [0.25, 0.3) is 0 Å². The summed E-state index contributed by atoms with van der Waals surface area (Å²) >= 11 is 6.05. The number of carbonyl (C=O) groups excluding carboxylic acids is 1. The molecule has 2 rings (SSSR count). The molecule has 1 aromatic rings. The maximum atomic E-state index is 12.2. The second kappa shape index (κ2) is 6.48. The summed E-state index contributed by atoms with van der Waals surface area (Å²) in [7, 11) is 0. The molecule has 0 aliphatic heterocycles. The average Bonchev–Trinajstić information content (AvgIpc) is 2.41. The van der Waals surface area contributed by atoms with Crippen LogP contribution in [-0.2, 0) is 16.0 Å². The van der Waals surface area contributed by atoms with Gasteiger partial charge in [-0.3, -0.25) is 9.59 Å². The summed E-state index contributed by atoms with van der Waals surface area (Å²) < 4.78 is 0. The molecule has 0 saturated heterocycles. The van der Waals surface area contributed by atoms with E-state index in [1.54, 1.807) is 12.1 Å². The lowest BCUT2D eigenvalue weighted by atomic mass is 9.74. The lowest BCUT2D eigenvalue weighted by molar-refractivity contribution is -0.146. The van der Waals surface area contributed by atoms with Gasteiger partial charge in [-0.05, 0) is 31.4 Å². The molecule has 1 saturated carbocycles. The van der Waals surface area contributed by atoms with Gasteiger partial charge in [-0.1, -0.05) is 42.6 Å². The Morgan fingerprint density at radius 2 is 2.10 bits per heavy atom. The molecule has 2 atom stereocenters. The maximum Gasteiger partial charge on any atom is 0.308 e. The fourth-order valence-corrected chi connectivity index (χ4v) is 3.26. The number of hydrogen-bond donors (Lipinski definition) is 2. The van der Waals surface area contributed by atoms with Crippen molar-refractivity contribution < 1.29 is 14.7 Å². The highest BCUT2D eigenvalue weighted by molar-refractivity contribution is 6.31. The Hall–Kier alpha value is -1.55. The van der Waals surface area contributed by atoms with E-state index in [1.807, 2.05) is 19.1 Å². The molecule has 0 bridgehead atoms. The van der Waals surface area contributed by atoms with E-state index in [0.29, 0.717) is 17.9 Å². The monoisotopic (exact) mass is 309 g/mol. The molecule has 0 spiro atoms. The van der Waals surface area contributed by atoms with E-state index in [1.165, 1.54) is 0 Å². The summed E-state index contributed by atoms with van der Waals surface area (Å²) in [6, 6.07) is 7.19. The van der Waals surface area contributed by atoms with Gasteiger partial charge in [0.2, 0.25) is 5.91 Å². The zero-order valence-electron chi connectivity index (χ0n) is 12.1. The molecule has 21 heavy (non-hydrogen) atoms. The first-order chi connectivity index (χ1) is 9.92. The van der Waals surface area contributed by atoms with Crippen molar-refractivity contribution in [3.05, 3.63) is 34.9 Å². The quantitative estimate of drug-likeness (QED) is 0.898. The summed E-state index contributed by atoms with van der Waals surface area (Å²) in [6.07, 6.45) is 3.30. The van der Waals surface area contributed by atoms with Gasteiger partial charge in [-0.15, -0.1) is 0 Å². The highest BCUT2D eigenvalue weighted by Gasteiger charge is 2.42. The summed E-state index contributed by atoms with van der Waals surface area (Å²) in [4.78, 5) is 23.6. The molecule has 0 aromatic heterocycles. The molecule has 2 N–H and O–H groups in total. The lowest BCUT2D eigenvalue weighted by Crippen LogP contribution is -2.55. The largest absolute Gasteiger partial charge is 0.481 e. The number of nitrogens with one attached hydrogen (secondary N) is 1. The predicted octanol–water partition coefficient (Wildman–Crippen LogP) is 3.03. The first-order valence-corrected chi connectivity index (χ1v) is 7.57. The van der Waals surface area contributed by atoms with Crippen LogP contribution in [0.15, 0.2) is 24.3 Å². The molecule has 0 radical (unpaired) electrons. The standard InChI is InChI=1S/C16H20ClNO3/c1-16(9-5-4-7-12(16)15(20)21)18-14(19)10-11-6-2-3-8-13(11)17/h2-3,6,8,12H,4-5,7,9-10H2,1H3,(H,18,19)(H,20,21). The van der Waals surface area contributed by atoms with E-state index in [0.717, 1.165) is 18.4 Å². The normalized spacial score (nSPS) is 25.3. The number of amides is 1. The van der Waals surface area contributed by atoms with Gasteiger partial charge >= 0.3 is 5.97 Å². The summed E-state index contributed by atoms with van der Waals surface area (Å²) in [5, 5.41) is 12.8. The molecule has 2 unspecified atom stereocenters. The molecule has 1 amide bonds. The lowest BCUT2D eigenvalue weighted by Gasteiger charge is -2.39. The van der Waals surface area contributed by atoms with Gasteiger partial charge in [0, 0.05) is 5.02 Å².